The van der Waals surface area contributed by atoms with Crippen LogP contribution in [0.1, 0.15) is 43.8 Å². The van der Waals surface area contributed by atoms with Crippen molar-refractivity contribution in [3.63, 3.8) is 0 Å². The van der Waals surface area contributed by atoms with E-state index in [1.54, 1.807) is 6.33 Å². The largest absolute Gasteiger partial charge is 0.370 e. The van der Waals surface area contributed by atoms with Crippen LogP contribution in [0.3, 0.4) is 0 Å². The summed E-state index contributed by atoms with van der Waals surface area (Å²) in [7, 11) is 0. The molecule has 0 spiro atoms. The van der Waals surface area contributed by atoms with E-state index in [4.69, 9.17) is 0 Å². The van der Waals surface area contributed by atoms with Gasteiger partial charge >= 0.3 is 0 Å². The highest BCUT2D eigenvalue weighted by molar-refractivity contribution is 5.45. The van der Waals surface area contributed by atoms with E-state index >= 15 is 0 Å². The van der Waals surface area contributed by atoms with Crippen LogP contribution in [-0.4, -0.2) is 26.1 Å². The lowest BCUT2D eigenvalue weighted by molar-refractivity contribution is 0.644. The molecule has 1 N–H and O–H groups in total. The first-order chi connectivity index (χ1) is 9.76. The van der Waals surface area contributed by atoms with Crippen LogP contribution in [0.25, 0.3) is 0 Å². The molecule has 5 nitrogen and oxygen atoms in total. The van der Waals surface area contributed by atoms with E-state index < -0.39 is 0 Å². The smallest absolute Gasteiger partial charge is 0.132 e. The van der Waals surface area contributed by atoms with Crippen molar-refractivity contribution in [3.05, 3.63) is 35.8 Å². The predicted octanol–water partition coefficient (Wildman–Crippen LogP) is 2.80. The first-order valence-electron chi connectivity index (χ1n) is 7.30. The predicted molar refractivity (Wildman–Crippen MR) is 80.9 cm³/mol. The summed E-state index contributed by atoms with van der Waals surface area (Å²) >= 11 is 0. The molecular formula is C15H23N5. The third-order valence-corrected chi connectivity index (χ3v) is 3.32. The van der Waals surface area contributed by atoms with Gasteiger partial charge < -0.3 is 9.88 Å². The van der Waals surface area contributed by atoms with Crippen LogP contribution in [0.15, 0.2) is 18.7 Å². The average Bonchev–Trinajstić information content (AvgIpc) is 2.88. The average molecular weight is 273 g/mol. The van der Waals surface area contributed by atoms with E-state index in [1.807, 2.05) is 12.4 Å². The second-order valence-electron chi connectivity index (χ2n) is 4.93. The molecule has 0 aromatic carbocycles. The van der Waals surface area contributed by atoms with Crippen molar-refractivity contribution in [2.24, 2.45) is 0 Å². The summed E-state index contributed by atoms with van der Waals surface area (Å²) in [6.45, 7) is 8.32. The Bertz CT molecular complexity index is 547. The van der Waals surface area contributed by atoms with Crippen molar-refractivity contribution >= 4 is 5.82 Å². The minimum absolute atomic E-state index is 0.752. The van der Waals surface area contributed by atoms with Gasteiger partial charge in [0.2, 0.25) is 0 Å². The number of aryl methyl sites for hydroxylation is 1. The molecule has 0 unspecified atom stereocenters. The highest BCUT2D eigenvalue weighted by Crippen LogP contribution is 2.16. The fourth-order valence-electron chi connectivity index (χ4n) is 2.19. The molecule has 0 saturated heterocycles. The van der Waals surface area contributed by atoms with Crippen LogP contribution in [0, 0.1) is 6.92 Å². The topological polar surface area (TPSA) is 55.6 Å². The molecule has 2 rings (SSSR count). The Labute approximate surface area is 120 Å². The molecule has 0 aliphatic carbocycles. The summed E-state index contributed by atoms with van der Waals surface area (Å²) in [6, 6.07) is 0. The Morgan fingerprint density at radius 3 is 2.75 bits per heavy atom. The summed E-state index contributed by atoms with van der Waals surface area (Å²) in [5, 5.41) is 3.34. The van der Waals surface area contributed by atoms with Crippen molar-refractivity contribution in [2.75, 3.05) is 11.9 Å². The quantitative estimate of drug-likeness (QED) is 0.843. The molecule has 2 aromatic rings. The third-order valence-electron chi connectivity index (χ3n) is 3.32. The maximum absolute atomic E-state index is 4.45. The van der Waals surface area contributed by atoms with Gasteiger partial charge in [-0.25, -0.2) is 15.0 Å². The summed E-state index contributed by atoms with van der Waals surface area (Å²) in [5.41, 5.74) is 2.16. The van der Waals surface area contributed by atoms with Gasteiger partial charge in [-0.1, -0.05) is 13.8 Å². The van der Waals surface area contributed by atoms with Gasteiger partial charge in [0.15, 0.2) is 0 Å². The van der Waals surface area contributed by atoms with Gasteiger partial charge in [-0.2, -0.15) is 0 Å². The Morgan fingerprint density at radius 2 is 2.00 bits per heavy atom. The molecule has 0 saturated carbocycles. The summed E-state index contributed by atoms with van der Waals surface area (Å²) in [4.78, 5) is 13.2. The van der Waals surface area contributed by atoms with Crippen LogP contribution in [-0.2, 0) is 13.0 Å². The van der Waals surface area contributed by atoms with Crippen molar-refractivity contribution < 1.29 is 0 Å². The molecule has 0 aliphatic heterocycles. The summed E-state index contributed by atoms with van der Waals surface area (Å²) in [6.07, 6.45) is 8.47. The van der Waals surface area contributed by atoms with Crippen LogP contribution >= 0.6 is 0 Å². The molecule has 5 heteroatoms. The zero-order valence-corrected chi connectivity index (χ0v) is 12.6. The van der Waals surface area contributed by atoms with Gasteiger partial charge in [0.25, 0.3) is 0 Å². The number of nitrogens with zero attached hydrogens (tertiary/aromatic N) is 4. The zero-order chi connectivity index (χ0) is 14.4. The van der Waals surface area contributed by atoms with E-state index in [1.165, 1.54) is 0 Å². The van der Waals surface area contributed by atoms with Crippen molar-refractivity contribution in [1.82, 2.24) is 19.5 Å². The minimum atomic E-state index is 0.752. The molecule has 2 aromatic heterocycles. The number of rotatable bonds is 7. The molecule has 0 fully saturated rings. The number of hydrogen-bond donors (Lipinski definition) is 1. The molecule has 20 heavy (non-hydrogen) atoms. The molecule has 108 valence electrons. The molecule has 0 amide bonds. The zero-order valence-electron chi connectivity index (χ0n) is 12.6. The molecule has 0 atom stereocenters. The maximum Gasteiger partial charge on any atom is 0.132 e. The van der Waals surface area contributed by atoms with Gasteiger partial charge in [-0.05, 0) is 19.8 Å². The van der Waals surface area contributed by atoms with E-state index in [-0.39, 0.29) is 0 Å². The molecule has 2 heterocycles. The highest BCUT2D eigenvalue weighted by atomic mass is 15.1. The fourth-order valence-corrected chi connectivity index (χ4v) is 2.19. The lowest BCUT2D eigenvalue weighted by Crippen LogP contribution is -2.09. The lowest BCUT2D eigenvalue weighted by atomic mass is 10.1. The summed E-state index contributed by atoms with van der Waals surface area (Å²) in [5.74, 6) is 2.00. The maximum atomic E-state index is 4.45. The van der Waals surface area contributed by atoms with E-state index in [0.717, 1.165) is 55.3 Å². The minimum Gasteiger partial charge on any atom is -0.370 e. The first-order valence-corrected chi connectivity index (χ1v) is 7.30. The van der Waals surface area contributed by atoms with Gasteiger partial charge in [-0.3, -0.25) is 0 Å². The summed E-state index contributed by atoms with van der Waals surface area (Å²) < 4.78 is 2.20. The SMILES string of the molecule is CCCNc1ncnc(Cc2nccn2CCC)c1C. The first kappa shape index (κ1) is 14.5. The van der Waals surface area contributed by atoms with E-state index in [9.17, 15) is 0 Å². The van der Waals surface area contributed by atoms with Crippen LogP contribution in [0.4, 0.5) is 5.82 Å². The molecule has 0 radical (unpaired) electrons. The fraction of sp³-hybridized carbons (Fsp3) is 0.533. The van der Waals surface area contributed by atoms with Crippen molar-refractivity contribution in [2.45, 2.75) is 46.6 Å². The Hall–Kier alpha value is -1.91. The van der Waals surface area contributed by atoms with E-state index in [0.29, 0.717) is 0 Å². The highest BCUT2D eigenvalue weighted by Gasteiger charge is 2.10. The Kier molecular flexibility index (Phi) is 5.09. The van der Waals surface area contributed by atoms with Crippen LogP contribution < -0.4 is 5.32 Å². The standard InChI is InChI=1S/C15H23N5/c1-4-6-17-15-12(3)13(18-11-19-15)10-14-16-7-9-20(14)8-5-2/h7,9,11H,4-6,8,10H2,1-3H3,(H,17,18,19). The van der Waals surface area contributed by atoms with Gasteiger partial charge in [0.05, 0.1) is 5.69 Å². The lowest BCUT2D eigenvalue weighted by Gasteiger charge is -2.11. The van der Waals surface area contributed by atoms with Crippen molar-refractivity contribution in [3.8, 4) is 0 Å². The molecule has 0 bridgehead atoms. The second-order valence-corrected chi connectivity index (χ2v) is 4.93. The number of anilines is 1. The second kappa shape index (κ2) is 7.03. The Morgan fingerprint density at radius 1 is 1.15 bits per heavy atom. The number of aromatic nitrogens is 4. The molecular weight excluding hydrogens is 250 g/mol. The Balaban J connectivity index is 2.18. The number of imidazole rings is 1. The normalized spacial score (nSPS) is 10.8. The molecule has 0 aliphatic rings. The monoisotopic (exact) mass is 273 g/mol. The van der Waals surface area contributed by atoms with E-state index in [2.05, 4.69) is 45.6 Å². The van der Waals surface area contributed by atoms with Gasteiger partial charge in [-0.15, -0.1) is 0 Å². The third kappa shape index (κ3) is 3.35. The van der Waals surface area contributed by atoms with Gasteiger partial charge in [0.1, 0.15) is 18.0 Å². The van der Waals surface area contributed by atoms with Crippen LogP contribution in [0.2, 0.25) is 0 Å². The van der Waals surface area contributed by atoms with Crippen molar-refractivity contribution in [1.29, 1.82) is 0 Å². The van der Waals surface area contributed by atoms with Gasteiger partial charge in [0, 0.05) is 37.5 Å². The van der Waals surface area contributed by atoms with Crippen LogP contribution in [0.5, 0.6) is 0 Å². The number of hydrogen-bond acceptors (Lipinski definition) is 4. The number of nitrogens with one attached hydrogen (secondary N) is 1.